The maximum absolute atomic E-state index is 13.5. The molecule has 2 aliphatic heterocycles. The Hall–Kier alpha value is -1.50. The lowest BCUT2D eigenvalue weighted by Gasteiger charge is -2.32. The Bertz CT molecular complexity index is 529. The minimum Gasteiger partial charge on any atom is -0.338 e. The van der Waals surface area contributed by atoms with Gasteiger partial charge >= 0.3 is 0 Å². The van der Waals surface area contributed by atoms with E-state index in [2.05, 4.69) is 0 Å². The minimum absolute atomic E-state index is 0.286. The highest BCUT2D eigenvalue weighted by molar-refractivity contribution is 6.06. The van der Waals surface area contributed by atoms with Gasteiger partial charge < -0.3 is 20.1 Å². The highest BCUT2D eigenvalue weighted by Gasteiger charge is 2.54. The van der Waals surface area contributed by atoms with E-state index in [4.69, 9.17) is 15.2 Å². The third kappa shape index (κ3) is 1.91. The molecule has 1 saturated heterocycles. The Labute approximate surface area is 116 Å². The van der Waals surface area contributed by atoms with E-state index in [1.165, 1.54) is 12.1 Å². The van der Waals surface area contributed by atoms with Crippen molar-refractivity contribution in [3.05, 3.63) is 29.6 Å². The van der Waals surface area contributed by atoms with E-state index >= 15 is 0 Å². The average molecular weight is 280 g/mol. The lowest BCUT2D eigenvalue weighted by Crippen LogP contribution is -2.47. The van der Waals surface area contributed by atoms with E-state index in [0.717, 1.165) is 6.42 Å². The van der Waals surface area contributed by atoms with Crippen molar-refractivity contribution in [2.75, 3.05) is 31.2 Å². The second-order valence-corrected chi connectivity index (χ2v) is 4.93. The Morgan fingerprint density at radius 2 is 2.10 bits per heavy atom. The molecule has 1 fully saturated rings. The van der Waals surface area contributed by atoms with Crippen molar-refractivity contribution in [1.29, 1.82) is 0 Å². The molecule has 0 atom stereocenters. The first-order valence-electron chi connectivity index (χ1n) is 6.79. The summed E-state index contributed by atoms with van der Waals surface area (Å²) in [6.07, 6.45) is 1.39. The maximum Gasteiger partial charge on any atom is 0.292 e. The van der Waals surface area contributed by atoms with Crippen LogP contribution in [0.5, 0.6) is 0 Å². The summed E-state index contributed by atoms with van der Waals surface area (Å²) in [5.74, 6) is -2.16. The first kappa shape index (κ1) is 13.5. The van der Waals surface area contributed by atoms with Crippen molar-refractivity contribution < 1.29 is 18.7 Å². The standard InChI is InChI=1S/C14H17FN2O3/c15-10-3-4-12-11(9-10)14(19-7-2-8-20-14)13(18)17(12)6-1-5-16/h3-4,9H,1-2,5-8,16H2. The SMILES string of the molecule is NCCCN1C(=O)C2(OCCCO2)c2cc(F)ccc21. The minimum atomic E-state index is -1.47. The van der Waals surface area contributed by atoms with Gasteiger partial charge in [-0.2, -0.15) is 0 Å². The second-order valence-electron chi connectivity index (χ2n) is 4.93. The molecule has 0 bridgehead atoms. The molecule has 1 aromatic carbocycles. The molecule has 0 aromatic heterocycles. The van der Waals surface area contributed by atoms with Crippen LogP contribution in [0.25, 0.3) is 0 Å². The first-order valence-corrected chi connectivity index (χ1v) is 6.79. The summed E-state index contributed by atoms with van der Waals surface area (Å²) in [6.45, 7) is 1.80. The van der Waals surface area contributed by atoms with E-state index in [0.29, 0.717) is 44.0 Å². The zero-order chi connectivity index (χ0) is 14.2. The highest BCUT2D eigenvalue weighted by atomic mass is 19.1. The molecule has 2 aliphatic rings. The van der Waals surface area contributed by atoms with Crippen LogP contribution in [0.2, 0.25) is 0 Å². The van der Waals surface area contributed by atoms with E-state index in [9.17, 15) is 9.18 Å². The van der Waals surface area contributed by atoms with Crippen LogP contribution in [-0.2, 0) is 20.1 Å². The number of ether oxygens (including phenoxy) is 2. The number of hydrogen-bond acceptors (Lipinski definition) is 4. The molecule has 6 heteroatoms. The van der Waals surface area contributed by atoms with Crippen molar-refractivity contribution >= 4 is 11.6 Å². The van der Waals surface area contributed by atoms with Gasteiger partial charge in [-0.25, -0.2) is 4.39 Å². The lowest BCUT2D eigenvalue weighted by molar-refractivity contribution is -0.256. The molecular weight excluding hydrogens is 263 g/mol. The second kappa shape index (κ2) is 5.12. The van der Waals surface area contributed by atoms with Gasteiger partial charge in [0.15, 0.2) is 0 Å². The van der Waals surface area contributed by atoms with Gasteiger partial charge in [-0.1, -0.05) is 0 Å². The third-order valence-corrected chi connectivity index (χ3v) is 3.62. The number of carbonyl (C=O) groups excluding carboxylic acids is 1. The van der Waals surface area contributed by atoms with Crippen LogP contribution in [0.15, 0.2) is 18.2 Å². The van der Waals surface area contributed by atoms with E-state index in [-0.39, 0.29) is 5.91 Å². The summed E-state index contributed by atoms with van der Waals surface area (Å²) in [5, 5.41) is 0. The van der Waals surface area contributed by atoms with Gasteiger partial charge in [0.2, 0.25) is 0 Å². The quantitative estimate of drug-likeness (QED) is 0.901. The lowest BCUT2D eigenvalue weighted by atomic mass is 10.1. The molecule has 3 rings (SSSR count). The molecule has 5 nitrogen and oxygen atoms in total. The molecule has 2 heterocycles. The first-order chi connectivity index (χ1) is 9.69. The number of fused-ring (bicyclic) bond motifs is 2. The largest absolute Gasteiger partial charge is 0.338 e. The summed E-state index contributed by atoms with van der Waals surface area (Å²) >= 11 is 0. The van der Waals surface area contributed by atoms with Gasteiger partial charge in [0, 0.05) is 12.1 Å². The fourth-order valence-corrected chi connectivity index (χ4v) is 2.69. The molecule has 20 heavy (non-hydrogen) atoms. The fourth-order valence-electron chi connectivity index (χ4n) is 2.69. The summed E-state index contributed by atoms with van der Waals surface area (Å²) in [6, 6.07) is 4.25. The Balaban J connectivity index is 2.05. The van der Waals surface area contributed by atoms with E-state index in [1.54, 1.807) is 11.0 Å². The van der Waals surface area contributed by atoms with Gasteiger partial charge in [-0.15, -0.1) is 0 Å². The number of carbonyl (C=O) groups is 1. The maximum atomic E-state index is 13.5. The molecular formula is C14H17FN2O3. The van der Waals surface area contributed by atoms with Crippen LogP contribution >= 0.6 is 0 Å². The average Bonchev–Trinajstić information content (AvgIpc) is 2.68. The van der Waals surface area contributed by atoms with Crippen LogP contribution in [0.3, 0.4) is 0 Å². The number of hydrogen-bond donors (Lipinski definition) is 1. The highest BCUT2D eigenvalue weighted by Crippen LogP contribution is 2.45. The normalized spacial score (nSPS) is 20.5. The molecule has 0 unspecified atom stereocenters. The van der Waals surface area contributed by atoms with Crippen LogP contribution in [0.4, 0.5) is 10.1 Å². The number of anilines is 1. The molecule has 1 amide bonds. The van der Waals surface area contributed by atoms with Gasteiger partial charge in [0.05, 0.1) is 18.9 Å². The van der Waals surface area contributed by atoms with Crippen molar-refractivity contribution in [2.45, 2.75) is 18.6 Å². The predicted octanol–water partition coefficient (Wildman–Crippen LogP) is 1.11. The Morgan fingerprint density at radius 3 is 2.80 bits per heavy atom. The van der Waals surface area contributed by atoms with Crippen LogP contribution in [0.1, 0.15) is 18.4 Å². The number of benzene rings is 1. The smallest absolute Gasteiger partial charge is 0.292 e. The van der Waals surface area contributed by atoms with Crippen LogP contribution in [0, 0.1) is 5.82 Å². The molecule has 0 saturated carbocycles. The van der Waals surface area contributed by atoms with E-state index < -0.39 is 11.6 Å². The molecule has 0 radical (unpaired) electrons. The van der Waals surface area contributed by atoms with Gasteiger partial charge in [0.1, 0.15) is 5.82 Å². The number of nitrogens with two attached hydrogens (primary N) is 1. The van der Waals surface area contributed by atoms with Crippen molar-refractivity contribution in [2.24, 2.45) is 5.73 Å². The third-order valence-electron chi connectivity index (χ3n) is 3.62. The van der Waals surface area contributed by atoms with Gasteiger partial charge in [-0.3, -0.25) is 4.79 Å². The fraction of sp³-hybridized carbons (Fsp3) is 0.500. The van der Waals surface area contributed by atoms with Gasteiger partial charge in [0.25, 0.3) is 11.7 Å². The number of halogens is 1. The van der Waals surface area contributed by atoms with Crippen molar-refractivity contribution in [3.8, 4) is 0 Å². The molecule has 0 aliphatic carbocycles. The Kier molecular flexibility index (Phi) is 3.45. The summed E-state index contributed by atoms with van der Waals surface area (Å²) < 4.78 is 24.8. The molecule has 1 spiro atoms. The van der Waals surface area contributed by atoms with Crippen LogP contribution < -0.4 is 10.6 Å². The monoisotopic (exact) mass is 280 g/mol. The molecule has 2 N–H and O–H groups in total. The number of amides is 1. The molecule has 1 aromatic rings. The summed E-state index contributed by atoms with van der Waals surface area (Å²) in [5.41, 5.74) is 6.61. The zero-order valence-corrected chi connectivity index (χ0v) is 11.1. The molecule has 108 valence electrons. The summed E-state index contributed by atoms with van der Waals surface area (Å²) in [4.78, 5) is 14.2. The zero-order valence-electron chi connectivity index (χ0n) is 11.1. The van der Waals surface area contributed by atoms with Crippen LogP contribution in [-0.4, -0.2) is 32.2 Å². The van der Waals surface area contributed by atoms with Crippen molar-refractivity contribution in [1.82, 2.24) is 0 Å². The van der Waals surface area contributed by atoms with E-state index in [1.807, 2.05) is 0 Å². The van der Waals surface area contributed by atoms with Crippen molar-refractivity contribution in [3.63, 3.8) is 0 Å². The van der Waals surface area contributed by atoms with Gasteiger partial charge in [-0.05, 0) is 37.6 Å². The topological polar surface area (TPSA) is 64.8 Å². The Morgan fingerprint density at radius 1 is 1.35 bits per heavy atom. The number of rotatable bonds is 3. The predicted molar refractivity (Wildman–Crippen MR) is 70.6 cm³/mol. The number of nitrogens with zero attached hydrogens (tertiary/aromatic N) is 1. The summed E-state index contributed by atoms with van der Waals surface area (Å²) in [7, 11) is 0.